The van der Waals surface area contributed by atoms with Gasteiger partial charge in [0.15, 0.2) is 0 Å². The van der Waals surface area contributed by atoms with Crippen molar-refractivity contribution in [2.24, 2.45) is 0 Å². The zero-order valence-electron chi connectivity index (χ0n) is 12.2. The van der Waals surface area contributed by atoms with Gasteiger partial charge in [0.2, 0.25) is 0 Å². The molecule has 0 bridgehead atoms. The molecule has 0 spiro atoms. The molecule has 5 heteroatoms. The van der Waals surface area contributed by atoms with Crippen LogP contribution >= 0.6 is 0 Å². The molecule has 0 unspecified atom stereocenters. The third-order valence-corrected chi connectivity index (χ3v) is 4.21. The summed E-state index contributed by atoms with van der Waals surface area (Å²) in [6.07, 6.45) is 0. The number of nitrogens with zero attached hydrogens (tertiary/aromatic N) is 1. The van der Waals surface area contributed by atoms with Crippen LogP contribution < -0.4 is 4.90 Å². The highest BCUT2D eigenvalue weighted by Gasteiger charge is 2.19. The van der Waals surface area contributed by atoms with Crippen molar-refractivity contribution < 1.29 is 13.0 Å². The van der Waals surface area contributed by atoms with Gasteiger partial charge in [-0.15, -0.1) is 0 Å². The van der Waals surface area contributed by atoms with Crippen molar-refractivity contribution in [3.05, 3.63) is 59.7 Å². The molecule has 0 radical (unpaired) electrons. The van der Waals surface area contributed by atoms with E-state index in [9.17, 15) is 13.0 Å². The molecule has 2 aromatic carbocycles. The Kier molecular flexibility index (Phi) is 4.65. The maximum Gasteiger partial charge on any atom is 0.296 e. The zero-order chi connectivity index (χ0) is 15.5. The summed E-state index contributed by atoms with van der Waals surface area (Å²) < 4.78 is 32.7. The second-order valence-corrected chi connectivity index (χ2v) is 6.34. The van der Waals surface area contributed by atoms with E-state index in [1.807, 2.05) is 48.2 Å². The van der Waals surface area contributed by atoms with Gasteiger partial charge in [-0.25, -0.2) is 0 Å². The van der Waals surface area contributed by atoms with Crippen LogP contribution in [0.3, 0.4) is 0 Å². The highest BCUT2D eigenvalue weighted by atomic mass is 32.2. The average molecular weight is 305 g/mol. The number of benzene rings is 2. The van der Waals surface area contributed by atoms with Crippen LogP contribution in [0.25, 0.3) is 0 Å². The molecule has 0 aliphatic rings. The maximum absolute atomic E-state index is 11.6. The third-order valence-electron chi connectivity index (χ3n) is 3.33. The highest BCUT2D eigenvalue weighted by Crippen LogP contribution is 2.27. The smallest absolute Gasteiger partial charge is 0.296 e. The first-order valence-corrected chi connectivity index (χ1v) is 8.23. The number of hydrogen-bond donors (Lipinski definition) is 1. The number of hydrogen-bond acceptors (Lipinski definition) is 3. The van der Waals surface area contributed by atoms with E-state index < -0.39 is 10.1 Å². The molecule has 0 saturated carbocycles. The molecule has 0 aliphatic heterocycles. The van der Waals surface area contributed by atoms with Crippen molar-refractivity contribution in [2.45, 2.75) is 25.3 Å². The van der Waals surface area contributed by atoms with Crippen molar-refractivity contribution in [1.29, 1.82) is 0 Å². The topological polar surface area (TPSA) is 57.6 Å². The van der Waals surface area contributed by atoms with Gasteiger partial charge in [-0.3, -0.25) is 4.55 Å². The molecule has 0 aliphatic carbocycles. The highest BCUT2D eigenvalue weighted by molar-refractivity contribution is 7.86. The van der Waals surface area contributed by atoms with Gasteiger partial charge >= 0.3 is 0 Å². The summed E-state index contributed by atoms with van der Waals surface area (Å²) in [6.45, 7) is 4.98. The Labute approximate surface area is 125 Å². The Morgan fingerprint density at radius 2 is 1.76 bits per heavy atom. The Balaban J connectivity index is 2.43. The van der Waals surface area contributed by atoms with E-state index in [4.69, 9.17) is 0 Å². The van der Waals surface area contributed by atoms with Gasteiger partial charge in [0, 0.05) is 13.1 Å². The predicted molar refractivity (Wildman–Crippen MR) is 84.2 cm³/mol. The van der Waals surface area contributed by atoms with Gasteiger partial charge in [-0.1, -0.05) is 36.4 Å². The summed E-state index contributed by atoms with van der Waals surface area (Å²) in [4.78, 5) is 1.89. The monoisotopic (exact) mass is 305 g/mol. The lowest BCUT2D eigenvalue weighted by Crippen LogP contribution is -2.24. The fourth-order valence-electron chi connectivity index (χ4n) is 2.26. The van der Waals surface area contributed by atoms with Crippen molar-refractivity contribution in [1.82, 2.24) is 0 Å². The second-order valence-electron chi connectivity index (χ2n) is 4.95. The summed E-state index contributed by atoms with van der Waals surface area (Å²) in [5.41, 5.74) is 2.40. The normalized spacial score (nSPS) is 11.4. The van der Waals surface area contributed by atoms with E-state index in [0.29, 0.717) is 18.8 Å². The standard InChI is InChI=1S/C16H19NO3S/c1-3-17(12-14-7-5-4-6-8-14)15-10-9-13(2)11-16(15)21(18,19)20/h4-11H,3,12H2,1-2H3,(H,18,19,20). The molecule has 0 fully saturated rings. The van der Waals surface area contributed by atoms with Crippen molar-refractivity contribution in [3.63, 3.8) is 0 Å². The Hall–Kier alpha value is -1.85. The SMILES string of the molecule is CCN(Cc1ccccc1)c1ccc(C)cc1S(=O)(=O)O. The molecule has 21 heavy (non-hydrogen) atoms. The first kappa shape index (κ1) is 15.5. The Morgan fingerprint density at radius 3 is 2.33 bits per heavy atom. The third kappa shape index (κ3) is 3.83. The second kappa shape index (κ2) is 6.28. The van der Waals surface area contributed by atoms with Gasteiger partial charge in [0.1, 0.15) is 4.90 Å². The molecule has 2 rings (SSSR count). The molecule has 2 aromatic rings. The van der Waals surface area contributed by atoms with Crippen molar-refractivity contribution in [3.8, 4) is 0 Å². The van der Waals surface area contributed by atoms with Crippen LogP contribution in [0, 0.1) is 6.92 Å². The first-order valence-electron chi connectivity index (χ1n) is 6.79. The molecular weight excluding hydrogens is 286 g/mol. The van der Waals surface area contributed by atoms with Crippen LogP contribution in [0.4, 0.5) is 5.69 Å². The number of anilines is 1. The molecule has 0 aromatic heterocycles. The van der Waals surface area contributed by atoms with Crippen molar-refractivity contribution in [2.75, 3.05) is 11.4 Å². The summed E-state index contributed by atoms with van der Waals surface area (Å²) in [5.74, 6) is 0. The fourth-order valence-corrected chi connectivity index (χ4v) is 3.06. The Bertz CT molecular complexity index is 712. The molecule has 0 amide bonds. The summed E-state index contributed by atoms with van der Waals surface area (Å²) in [5, 5.41) is 0. The molecule has 112 valence electrons. The lowest BCUT2D eigenvalue weighted by Gasteiger charge is -2.25. The van der Waals surface area contributed by atoms with E-state index in [1.165, 1.54) is 6.07 Å². The van der Waals surface area contributed by atoms with Crippen LogP contribution in [0.1, 0.15) is 18.1 Å². The van der Waals surface area contributed by atoms with E-state index >= 15 is 0 Å². The van der Waals surface area contributed by atoms with E-state index in [0.717, 1.165) is 11.1 Å². The number of aryl methyl sites for hydroxylation is 1. The van der Waals surface area contributed by atoms with Gasteiger partial charge in [0.25, 0.3) is 10.1 Å². The van der Waals surface area contributed by atoms with Crippen LogP contribution in [0.15, 0.2) is 53.4 Å². The molecule has 4 nitrogen and oxygen atoms in total. The zero-order valence-corrected chi connectivity index (χ0v) is 13.0. The van der Waals surface area contributed by atoms with Crippen LogP contribution in [-0.2, 0) is 16.7 Å². The van der Waals surface area contributed by atoms with Crippen LogP contribution in [0.2, 0.25) is 0 Å². The summed E-state index contributed by atoms with van der Waals surface area (Å²) in [6, 6.07) is 14.9. The average Bonchev–Trinajstić information content (AvgIpc) is 2.45. The molecule has 0 heterocycles. The van der Waals surface area contributed by atoms with Crippen LogP contribution in [-0.4, -0.2) is 19.5 Å². The summed E-state index contributed by atoms with van der Waals surface area (Å²) in [7, 11) is -4.25. The lowest BCUT2D eigenvalue weighted by molar-refractivity contribution is 0.483. The van der Waals surface area contributed by atoms with Gasteiger partial charge in [0.05, 0.1) is 5.69 Å². The largest absolute Gasteiger partial charge is 0.366 e. The molecule has 0 atom stereocenters. The van der Waals surface area contributed by atoms with E-state index in [-0.39, 0.29) is 4.90 Å². The van der Waals surface area contributed by atoms with Crippen molar-refractivity contribution >= 4 is 15.8 Å². The first-order chi connectivity index (χ1) is 9.91. The quantitative estimate of drug-likeness (QED) is 0.861. The minimum absolute atomic E-state index is 0.0414. The maximum atomic E-state index is 11.6. The van der Waals surface area contributed by atoms with Gasteiger partial charge < -0.3 is 4.90 Å². The van der Waals surface area contributed by atoms with Gasteiger partial charge in [-0.05, 0) is 37.1 Å². The minimum atomic E-state index is -4.25. The van der Waals surface area contributed by atoms with E-state index in [2.05, 4.69) is 0 Å². The Morgan fingerprint density at radius 1 is 1.10 bits per heavy atom. The molecule has 1 N–H and O–H groups in total. The van der Waals surface area contributed by atoms with Crippen LogP contribution in [0.5, 0.6) is 0 Å². The number of rotatable bonds is 5. The minimum Gasteiger partial charge on any atom is -0.366 e. The predicted octanol–water partition coefficient (Wildman–Crippen LogP) is 3.27. The van der Waals surface area contributed by atoms with E-state index in [1.54, 1.807) is 13.0 Å². The molecule has 0 saturated heterocycles. The summed E-state index contributed by atoms with van der Waals surface area (Å²) >= 11 is 0. The lowest BCUT2D eigenvalue weighted by atomic mass is 10.1. The van der Waals surface area contributed by atoms with Gasteiger partial charge in [-0.2, -0.15) is 8.42 Å². The molecular formula is C16H19NO3S. The fraction of sp³-hybridized carbons (Fsp3) is 0.250.